The Kier molecular flexibility index (Phi) is 8.46. The van der Waals surface area contributed by atoms with E-state index in [9.17, 15) is 0 Å². The van der Waals surface area contributed by atoms with E-state index in [0.29, 0.717) is 6.10 Å². The zero-order valence-corrected chi connectivity index (χ0v) is 9.60. The molecule has 0 spiro atoms. The van der Waals surface area contributed by atoms with Gasteiger partial charge in [-0.25, -0.2) is 0 Å². The van der Waals surface area contributed by atoms with Crippen LogP contribution in [0.1, 0.15) is 40.5 Å². The minimum Gasteiger partial charge on any atom is -0.377 e. The molecule has 0 aromatic rings. The van der Waals surface area contributed by atoms with Crippen LogP contribution in [0.25, 0.3) is 0 Å². The van der Waals surface area contributed by atoms with Gasteiger partial charge in [0, 0.05) is 13.2 Å². The maximum atomic E-state index is 5.60. The molecule has 13 heavy (non-hydrogen) atoms. The van der Waals surface area contributed by atoms with Crippen LogP contribution in [0.5, 0.6) is 0 Å². The predicted octanol–water partition coefficient (Wildman–Crippen LogP) is 2.44. The van der Waals surface area contributed by atoms with Crippen molar-refractivity contribution in [3.8, 4) is 0 Å². The molecule has 2 nitrogen and oxygen atoms in total. The second kappa shape index (κ2) is 8.52. The van der Waals surface area contributed by atoms with Crippen LogP contribution in [0.4, 0.5) is 0 Å². The van der Waals surface area contributed by atoms with Gasteiger partial charge in [-0.3, -0.25) is 0 Å². The van der Waals surface area contributed by atoms with E-state index in [2.05, 4.69) is 33.0 Å². The molecule has 80 valence electrons. The lowest BCUT2D eigenvalue weighted by molar-refractivity contribution is 0.0559. The van der Waals surface area contributed by atoms with Crippen LogP contribution in [0, 0.1) is 5.92 Å². The van der Waals surface area contributed by atoms with Gasteiger partial charge in [-0.1, -0.05) is 27.2 Å². The van der Waals surface area contributed by atoms with Gasteiger partial charge >= 0.3 is 0 Å². The Labute approximate surface area is 83.1 Å². The second-order valence-corrected chi connectivity index (χ2v) is 3.92. The molecule has 0 aliphatic rings. The van der Waals surface area contributed by atoms with Gasteiger partial charge in [0.1, 0.15) is 0 Å². The van der Waals surface area contributed by atoms with Gasteiger partial charge in [0.05, 0.1) is 6.10 Å². The summed E-state index contributed by atoms with van der Waals surface area (Å²) in [5.74, 6) is 0.726. The lowest BCUT2D eigenvalue weighted by Gasteiger charge is -2.17. The molecule has 0 aliphatic heterocycles. The largest absolute Gasteiger partial charge is 0.377 e. The molecule has 1 N–H and O–H groups in total. The summed E-state index contributed by atoms with van der Waals surface area (Å²) < 4.78 is 5.60. The molecule has 2 heteroatoms. The third-order valence-corrected chi connectivity index (χ3v) is 1.94. The Morgan fingerprint density at radius 1 is 1.15 bits per heavy atom. The average Bonchev–Trinajstić information content (AvgIpc) is 2.04. The fourth-order valence-electron chi connectivity index (χ4n) is 1.33. The predicted molar refractivity (Wildman–Crippen MR) is 58.0 cm³/mol. The normalized spacial score (nSPS) is 13.6. The molecule has 0 aromatic heterocycles. The van der Waals surface area contributed by atoms with Crippen molar-refractivity contribution in [2.75, 3.05) is 19.7 Å². The van der Waals surface area contributed by atoms with E-state index in [0.717, 1.165) is 25.6 Å². The summed E-state index contributed by atoms with van der Waals surface area (Å²) in [6.07, 6.45) is 2.78. The number of nitrogens with one attached hydrogen (secondary N) is 1. The first-order valence-corrected chi connectivity index (χ1v) is 5.53. The van der Waals surface area contributed by atoms with E-state index in [1.165, 1.54) is 12.8 Å². The van der Waals surface area contributed by atoms with Crippen LogP contribution in [-0.4, -0.2) is 25.8 Å². The molecule has 0 amide bonds. The van der Waals surface area contributed by atoms with Crippen molar-refractivity contribution in [2.24, 2.45) is 5.92 Å². The highest BCUT2D eigenvalue weighted by atomic mass is 16.5. The smallest absolute Gasteiger partial charge is 0.0699 e. The van der Waals surface area contributed by atoms with Gasteiger partial charge < -0.3 is 10.1 Å². The first-order valence-electron chi connectivity index (χ1n) is 5.53. The molecular weight excluding hydrogens is 162 g/mol. The van der Waals surface area contributed by atoms with E-state index >= 15 is 0 Å². The minimum absolute atomic E-state index is 0.411. The quantitative estimate of drug-likeness (QED) is 0.630. The first-order chi connectivity index (χ1) is 6.20. The van der Waals surface area contributed by atoms with Crippen molar-refractivity contribution in [1.82, 2.24) is 5.32 Å². The second-order valence-electron chi connectivity index (χ2n) is 3.92. The minimum atomic E-state index is 0.411. The van der Waals surface area contributed by atoms with E-state index in [-0.39, 0.29) is 0 Å². The van der Waals surface area contributed by atoms with Gasteiger partial charge in [-0.05, 0) is 25.8 Å². The highest BCUT2D eigenvalue weighted by molar-refractivity contribution is 4.62. The van der Waals surface area contributed by atoms with Gasteiger partial charge in [0.15, 0.2) is 0 Å². The van der Waals surface area contributed by atoms with Crippen molar-refractivity contribution < 1.29 is 4.74 Å². The molecule has 0 aliphatic carbocycles. The molecule has 1 unspecified atom stereocenters. The van der Waals surface area contributed by atoms with Gasteiger partial charge in [-0.15, -0.1) is 0 Å². The molecule has 0 fully saturated rings. The highest BCUT2D eigenvalue weighted by Crippen LogP contribution is 2.01. The van der Waals surface area contributed by atoms with E-state index in [4.69, 9.17) is 4.74 Å². The summed E-state index contributed by atoms with van der Waals surface area (Å²) in [5, 5.41) is 3.43. The first kappa shape index (κ1) is 12.9. The van der Waals surface area contributed by atoms with Gasteiger partial charge in [0.2, 0.25) is 0 Å². The number of hydrogen-bond donors (Lipinski definition) is 1. The molecule has 1 atom stereocenters. The van der Waals surface area contributed by atoms with Crippen LogP contribution in [-0.2, 0) is 4.74 Å². The SMILES string of the molecule is CCCC(CNCC(C)C)OCC. The monoisotopic (exact) mass is 187 g/mol. The zero-order valence-electron chi connectivity index (χ0n) is 9.60. The Morgan fingerprint density at radius 3 is 2.31 bits per heavy atom. The molecule has 0 heterocycles. The van der Waals surface area contributed by atoms with Crippen molar-refractivity contribution in [1.29, 1.82) is 0 Å². The highest BCUT2D eigenvalue weighted by Gasteiger charge is 2.06. The number of ether oxygens (including phenoxy) is 1. The van der Waals surface area contributed by atoms with Crippen molar-refractivity contribution in [2.45, 2.75) is 46.6 Å². The maximum Gasteiger partial charge on any atom is 0.0699 e. The summed E-state index contributed by atoms with van der Waals surface area (Å²) in [4.78, 5) is 0. The van der Waals surface area contributed by atoms with Crippen LogP contribution in [0.15, 0.2) is 0 Å². The lowest BCUT2D eigenvalue weighted by atomic mass is 10.2. The third kappa shape index (κ3) is 8.26. The van der Waals surface area contributed by atoms with Crippen molar-refractivity contribution in [3.63, 3.8) is 0 Å². The Hall–Kier alpha value is -0.0800. The molecule has 0 saturated heterocycles. The standard InChI is InChI=1S/C11H25NO/c1-5-7-11(13-6-2)9-12-8-10(3)4/h10-12H,5-9H2,1-4H3. The fraction of sp³-hybridized carbons (Fsp3) is 1.00. The lowest BCUT2D eigenvalue weighted by Crippen LogP contribution is -2.31. The van der Waals surface area contributed by atoms with Gasteiger partial charge in [-0.2, -0.15) is 0 Å². The topological polar surface area (TPSA) is 21.3 Å². The van der Waals surface area contributed by atoms with Crippen molar-refractivity contribution >= 4 is 0 Å². The van der Waals surface area contributed by atoms with Crippen LogP contribution in [0.3, 0.4) is 0 Å². The summed E-state index contributed by atoms with van der Waals surface area (Å²) in [6.45, 7) is 11.6. The van der Waals surface area contributed by atoms with Crippen molar-refractivity contribution in [3.05, 3.63) is 0 Å². The summed E-state index contributed by atoms with van der Waals surface area (Å²) in [6, 6.07) is 0. The molecule has 0 bridgehead atoms. The molecule has 0 radical (unpaired) electrons. The summed E-state index contributed by atoms with van der Waals surface area (Å²) in [5.41, 5.74) is 0. The van der Waals surface area contributed by atoms with E-state index < -0.39 is 0 Å². The number of hydrogen-bond acceptors (Lipinski definition) is 2. The molecule has 0 saturated carbocycles. The van der Waals surface area contributed by atoms with Crippen LogP contribution in [0.2, 0.25) is 0 Å². The summed E-state index contributed by atoms with van der Waals surface area (Å²) >= 11 is 0. The van der Waals surface area contributed by atoms with Crippen LogP contribution < -0.4 is 5.32 Å². The fourth-order valence-corrected chi connectivity index (χ4v) is 1.33. The van der Waals surface area contributed by atoms with E-state index in [1.54, 1.807) is 0 Å². The third-order valence-electron chi connectivity index (χ3n) is 1.94. The Bertz CT molecular complexity index is 98.3. The maximum absolute atomic E-state index is 5.60. The average molecular weight is 187 g/mol. The number of rotatable bonds is 8. The summed E-state index contributed by atoms with van der Waals surface area (Å²) in [7, 11) is 0. The Balaban J connectivity index is 3.44. The molecular formula is C11H25NO. The molecule has 0 rings (SSSR count). The van der Waals surface area contributed by atoms with Gasteiger partial charge in [0.25, 0.3) is 0 Å². The van der Waals surface area contributed by atoms with E-state index in [1.807, 2.05) is 0 Å². The Morgan fingerprint density at radius 2 is 1.85 bits per heavy atom. The molecule has 0 aromatic carbocycles. The van der Waals surface area contributed by atoms with Crippen LogP contribution >= 0.6 is 0 Å². The zero-order chi connectivity index (χ0) is 10.1.